The number of hydrogen-bond donors (Lipinski definition) is 0. The Kier molecular flexibility index (Phi) is 6.02. The van der Waals surface area contributed by atoms with Crippen LogP contribution in [0.2, 0.25) is 0 Å². The summed E-state index contributed by atoms with van der Waals surface area (Å²) in [6.45, 7) is 1.71. The van der Waals surface area contributed by atoms with E-state index in [0.29, 0.717) is 32.5 Å². The van der Waals surface area contributed by atoms with Crippen LogP contribution in [-0.4, -0.2) is 40.8 Å². The molecule has 136 valence electrons. The minimum Gasteiger partial charge on any atom is -0.383 e. The zero-order chi connectivity index (χ0) is 18.4. The Morgan fingerprint density at radius 2 is 1.96 bits per heavy atom. The summed E-state index contributed by atoms with van der Waals surface area (Å²) in [6, 6.07) is 16.5. The molecule has 0 saturated carbocycles. The molecule has 1 amide bonds. The molecule has 0 N–H and O–H groups in total. The van der Waals surface area contributed by atoms with Crippen molar-refractivity contribution in [2.75, 3.05) is 20.3 Å². The fourth-order valence-electron chi connectivity index (χ4n) is 3.17. The molecule has 3 aromatic rings. The second-order valence-electron chi connectivity index (χ2n) is 6.39. The van der Waals surface area contributed by atoms with Crippen molar-refractivity contribution in [1.29, 1.82) is 0 Å². The Morgan fingerprint density at radius 1 is 1.15 bits per heavy atom. The van der Waals surface area contributed by atoms with Gasteiger partial charge in [-0.3, -0.25) is 9.48 Å². The van der Waals surface area contributed by atoms with Crippen LogP contribution in [0.3, 0.4) is 0 Å². The standard InChI is InChI=1S/C21H25N3O2/c1-23-19(12-13-22-23)10-11-21(25)24(14-15-26-2)16-18-8-5-7-17-6-3-4-9-20(17)18/h3-9,12-13H,10-11,14-16H2,1-2H3. The van der Waals surface area contributed by atoms with Gasteiger partial charge in [-0.05, 0) is 28.8 Å². The van der Waals surface area contributed by atoms with E-state index >= 15 is 0 Å². The molecule has 3 rings (SSSR count). The van der Waals surface area contributed by atoms with Crippen molar-refractivity contribution in [3.63, 3.8) is 0 Å². The molecule has 0 unspecified atom stereocenters. The van der Waals surface area contributed by atoms with Crippen molar-refractivity contribution in [2.24, 2.45) is 7.05 Å². The average molecular weight is 351 g/mol. The van der Waals surface area contributed by atoms with E-state index in [1.807, 2.05) is 40.9 Å². The molecule has 0 aliphatic heterocycles. The summed E-state index contributed by atoms with van der Waals surface area (Å²) in [5.74, 6) is 0.135. The van der Waals surface area contributed by atoms with E-state index in [1.54, 1.807) is 13.3 Å². The predicted octanol–water partition coefficient (Wildman–Crippen LogP) is 3.18. The Morgan fingerprint density at radius 3 is 2.73 bits per heavy atom. The number of ether oxygens (including phenoxy) is 1. The summed E-state index contributed by atoms with van der Waals surface area (Å²) in [5, 5.41) is 6.55. The van der Waals surface area contributed by atoms with Crippen molar-refractivity contribution >= 4 is 16.7 Å². The lowest BCUT2D eigenvalue weighted by Gasteiger charge is -2.23. The van der Waals surface area contributed by atoms with Crippen molar-refractivity contribution in [1.82, 2.24) is 14.7 Å². The highest BCUT2D eigenvalue weighted by Gasteiger charge is 2.16. The van der Waals surface area contributed by atoms with Crippen LogP contribution in [-0.2, 0) is 29.5 Å². The SMILES string of the molecule is COCCN(Cc1cccc2ccccc12)C(=O)CCc1ccnn1C. The summed E-state index contributed by atoms with van der Waals surface area (Å²) in [4.78, 5) is 14.7. The van der Waals surface area contributed by atoms with Gasteiger partial charge in [0.1, 0.15) is 0 Å². The van der Waals surface area contributed by atoms with Gasteiger partial charge in [-0.2, -0.15) is 5.10 Å². The first kappa shape index (κ1) is 18.1. The van der Waals surface area contributed by atoms with Crippen molar-refractivity contribution in [2.45, 2.75) is 19.4 Å². The van der Waals surface area contributed by atoms with Gasteiger partial charge in [0.05, 0.1) is 6.61 Å². The van der Waals surface area contributed by atoms with Crippen LogP contribution in [0.15, 0.2) is 54.7 Å². The van der Waals surface area contributed by atoms with Crippen LogP contribution in [0.25, 0.3) is 10.8 Å². The summed E-state index contributed by atoms with van der Waals surface area (Å²) < 4.78 is 7.03. The third kappa shape index (κ3) is 4.29. The molecule has 1 aromatic heterocycles. The summed E-state index contributed by atoms with van der Waals surface area (Å²) in [5.41, 5.74) is 2.23. The monoisotopic (exact) mass is 351 g/mol. The van der Waals surface area contributed by atoms with Gasteiger partial charge in [0, 0.05) is 45.6 Å². The first-order chi connectivity index (χ1) is 12.7. The zero-order valence-electron chi connectivity index (χ0n) is 15.4. The minimum atomic E-state index is 0.135. The third-order valence-corrected chi connectivity index (χ3v) is 4.68. The van der Waals surface area contributed by atoms with Gasteiger partial charge in [-0.25, -0.2) is 0 Å². The van der Waals surface area contributed by atoms with E-state index in [0.717, 1.165) is 11.3 Å². The smallest absolute Gasteiger partial charge is 0.223 e. The molecule has 0 saturated heterocycles. The number of aromatic nitrogens is 2. The third-order valence-electron chi connectivity index (χ3n) is 4.68. The van der Waals surface area contributed by atoms with Crippen LogP contribution in [0.1, 0.15) is 17.7 Å². The van der Waals surface area contributed by atoms with Crippen molar-refractivity contribution in [3.05, 3.63) is 66.0 Å². The van der Waals surface area contributed by atoms with E-state index < -0.39 is 0 Å². The lowest BCUT2D eigenvalue weighted by molar-refractivity contribution is -0.132. The number of carbonyl (C=O) groups is 1. The minimum absolute atomic E-state index is 0.135. The molecular formula is C21H25N3O2. The van der Waals surface area contributed by atoms with Gasteiger partial charge in [0.25, 0.3) is 0 Å². The number of nitrogens with zero attached hydrogens (tertiary/aromatic N) is 3. The van der Waals surface area contributed by atoms with Crippen LogP contribution >= 0.6 is 0 Å². The lowest BCUT2D eigenvalue weighted by Crippen LogP contribution is -2.33. The molecular weight excluding hydrogens is 326 g/mol. The molecule has 1 heterocycles. The highest BCUT2D eigenvalue weighted by molar-refractivity contribution is 5.86. The fraction of sp³-hybridized carbons (Fsp3) is 0.333. The van der Waals surface area contributed by atoms with Gasteiger partial charge < -0.3 is 9.64 Å². The van der Waals surface area contributed by atoms with Gasteiger partial charge in [-0.15, -0.1) is 0 Å². The van der Waals surface area contributed by atoms with Crippen LogP contribution < -0.4 is 0 Å². The predicted molar refractivity (Wildman–Crippen MR) is 103 cm³/mol. The van der Waals surface area contributed by atoms with E-state index in [9.17, 15) is 4.79 Å². The number of benzene rings is 2. The first-order valence-electron chi connectivity index (χ1n) is 8.89. The Balaban J connectivity index is 1.74. The number of aryl methyl sites for hydroxylation is 2. The average Bonchev–Trinajstić information content (AvgIpc) is 3.08. The summed E-state index contributed by atoms with van der Waals surface area (Å²) in [6.07, 6.45) is 2.92. The second-order valence-corrected chi connectivity index (χ2v) is 6.39. The van der Waals surface area contributed by atoms with Crippen LogP contribution in [0.4, 0.5) is 0 Å². The summed E-state index contributed by atoms with van der Waals surface area (Å²) in [7, 11) is 3.56. The van der Waals surface area contributed by atoms with E-state index in [4.69, 9.17) is 4.74 Å². The number of rotatable bonds is 8. The molecule has 0 spiro atoms. The number of hydrogen-bond acceptors (Lipinski definition) is 3. The van der Waals surface area contributed by atoms with Gasteiger partial charge in [-0.1, -0.05) is 42.5 Å². The molecule has 0 fully saturated rings. The number of fused-ring (bicyclic) bond motifs is 1. The van der Waals surface area contributed by atoms with Crippen LogP contribution in [0.5, 0.6) is 0 Å². The van der Waals surface area contributed by atoms with E-state index in [2.05, 4.69) is 29.4 Å². The maximum absolute atomic E-state index is 12.8. The topological polar surface area (TPSA) is 47.4 Å². The van der Waals surface area contributed by atoms with Crippen molar-refractivity contribution < 1.29 is 9.53 Å². The molecule has 5 nitrogen and oxygen atoms in total. The van der Waals surface area contributed by atoms with Gasteiger partial charge in [0.15, 0.2) is 0 Å². The maximum Gasteiger partial charge on any atom is 0.223 e. The van der Waals surface area contributed by atoms with E-state index in [-0.39, 0.29) is 5.91 Å². The highest BCUT2D eigenvalue weighted by Crippen LogP contribution is 2.20. The number of carbonyl (C=O) groups excluding carboxylic acids is 1. The quantitative estimate of drug-likeness (QED) is 0.626. The maximum atomic E-state index is 12.8. The molecule has 0 radical (unpaired) electrons. The molecule has 0 bridgehead atoms. The molecule has 0 atom stereocenters. The first-order valence-corrected chi connectivity index (χ1v) is 8.89. The fourth-order valence-corrected chi connectivity index (χ4v) is 3.17. The Bertz CT molecular complexity index is 867. The Hall–Kier alpha value is -2.66. The normalized spacial score (nSPS) is 11.0. The van der Waals surface area contributed by atoms with Gasteiger partial charge in [0.2, 0.25) is 5.91 Å². The molecule has 26 heavy (non-hydrogen) atoms. The molecule has 0 aliphatic rings. The molecule has 0 aliphatic carbocycles. The van der Waals surface area contributed by atoms with Crippen molar-refractivity contribution in [3.8, 4) is 0 Å². The zero-order valence-corrected chi connectivity index (χ0v) is 15.4. The second kappa shape index (κ2) is 8.63. The molecule has 5 heteroatoms. The highest BCUT2D eigenvalue weighted by atomic mass is 16.5. The largest absolute Gasteiger partial charge is 0.383 e. The van der Waals surface area contributed by atoms with Gasteiger partial charge >= 0.3 is 0 Å². The van der Waals surface area contributed by atoms with Crippen LogP contribution in [0, 0.1) is 0 Å². The molecule has 2 aromatic carbocycles. The number of amides is 1. The Labute approximate surface area is 154 Å². The summed E-state index contributed by atoms with van der Waals surface area (Å²) >= 11 is 0. The lowest BCUT2D eigenvalue weighted by atomic mass is 10.0. The van der Waals surface area contributed by atoms with E-state index in [1.165, 1.54) is 10.8 Å². The number of methoxy groups -OCH3 is 1.